The third-order valence-corrected chi connectivity index (χ3v) is 1.53. The molecule has 0 fully saturated rings. The minimum Gasteiger partial charge on any atom is -0.460 e. The molecule has 0 bridgehead atoms. The molecule has 0 aromatic heterocycles. The molecule has 3 heteroatoms. The zero-order chi connectivity index (χ0) is 10.1. The van der Waals surface area contributed by atoms with Gasteiger partial charge in [-0.15, -0.1) is 0 Å². The molecular weight excluding hydrogens is 168 g/mol. The summed E-state index contributed by atoms with van der Waals surface area (Å²) in [4.78, 5) is 10.7. The van der Waals surface area contributed by atoms with Gasteiger partial charge in [0.2, 0.25) is 0 Å². The molecule has 0 amide bonds. The van der Waals surface area contributed by atoms with Crippen LogP contribution in [0.25, 0.3) is 0 Å². The van der Waals surface area contributed by atoms with E-state index in [1.54, 1.807) is 0 Å². The molecule has 0 aliphatic rings. The average Bonchev–Trinajstić information content (AvgIpc) is 2.14. The minimum atomic E-state index is -0.397. The maximum Gasteiger partial charge on any atom is 0.330 e. The van der Waals surface area contributed by atoms with Gasteiger partial charge >= 0.3 is 5.97 Å². The van der Waals surface area contributed by atoms with Crippen molar-refractivity contribution in [3.05, 3.63) is 12.7 Å². The van der Waals surface area contributed by atoms with E-state index in [1.165, 1.54) is 0 Å². The van der Waals surface area contributed by atoms with Crippen molar-refractivity contribution in [2.24, 2.45) is 0 Å². The normalized spacial score (nSPS) is 12.2. The highest BCUT2D eigenvalue weighted by Crippen LogP contribution is 1.96. The molecule has 1 unspecified atom stereocenters. The van der Waals surface area contributed by atoms with Crippen molar-refractivity contribution >= 4 is 5.97 Å². The zero-order valence-electron chi connectivity index (χ0n) is 8.41. The van der Waals surface area contributed by atoms with Gasteiger partial charge in [-0.25, -0.2) is 4.79 Å². The molecule has 0 aliphatic heterocycles. The summed E-state index contributed by atoms with van der Waals surface area (Å²) >= 11 is 0. The first-order valence-corrected chi connectivity index (χ1v) is 4.61. The molecule has 0 heterocycles. The van der Waals surface area contributed by atoms with Crippen LogP contribution >= 0.6 is 0 Å². The molecule has 0 radical (unpaired) electrons. The molecule has 0 N–H and O–H groups in total. The fourth-order valence-electron chi connectivity index (χ4n) is 0.735. The Morgan fingerprint density at radius 2 is 2.31 bits per heavy atom. The summed E-state index contributed by atoms with van der Waals surface area (Å²) in [6.45, 7) is 8.31. The van der Waals surface area contributed by atoms with Crippen molar-refractivity contribution in [2.75, 3.05) is 13.2 Å². The Balaban J connectivity index is 3.34. The van der Waals surface area contributed by atoms with Gasteiger partial charge in [-0.3, -0.25) is 0 Å². The highest BCUT2D eigenvalue weighted by Gasteiger charge is 2.03. The summed E-state index contributed by atoms with van der Waals surface area (Å²) in [6, 6.07) is 0. The van der Waals surface area contributed by atoms with Crippen LogP contribution in [-0.2, 0) is 14.3 Å². The van der Waals surface area contributed by atoms with Gasteiger partial charge < -0.3 is 9.47 Å². The topological polar surface area (TPSA) is 35.5 Å². The van der Waals surface area contributed by atoms with Crippen LogP contribution in [0.15, 0.2) is 12.7 Å². The van der Waals surface area contributed by atoms with Crippen LogP contribution in [0, 0.1) is 0 Å². The Labute approximate surface area is 79.7 Å². The fraction of sp³-hybridized carbons (Fsp3) is 0.700. The van der Waals surface area contributed by atoms with Gasteiger partial charge in [0, 0.05) is 12.7 Å². The summed E-state index contributed by atoms with van der Waals surface area (Å²) in [5.74, 6) is -0.397. The lowest BCUT2D eigenvalue weighted by atomic mass is 10.3. The molecule has 13 heavy (non-hydrogen) atoms. The summed E-state index contributed by atoms with van der Waals surface area (Å²) in [5, 5.41) is 0. The highest BCUT2D eigenvalue weighted by atomic mass is 16.6. The second-order valence-electron chi connectivity index (χ2n) is 2.87. The van der Waals surface area contributed by atoms with Crippen molar-refractivity contribution in [3.63, 3.8) is 0 Å². The average molecular weight is 186 g/mol. The zero-order valence-corrected chi connectivity index (χ0v) is 8.41. The molecule has 1 atom stereocenters. The van der Waals surface area contributed by atoms with E-state index in [9.17, 15) is 4.79 Å². The number of hydrogen-bond donors (Lipinski definition) is 0. The first-order valence-electron chi connectivity index (χ1n) is 4.61. The number of ether oxygens (including phenoxy) is 2. The lowest BCUT2D eigenvalue weighted by Gasteiger charge is -2.11. The van der Waals surface area contributed by atoms with Gasteiger partial charge in [0.1, 0.15) is 6.61 Å². The van der Waals surface area contributed by atoms with Crippen LogP contribution in [0.2, 0.25) is 0 Å². The smallest absolute Gasteiger partial charge is 0.330 e. The minimum absolute atomic E-state index is 0.0320. The molecule has 0 aromatic carbocycles. The van der Waals surface area contributed by atoms with Crippen molar-refractivity contribution in [1.29, 1.82) is 0 Å². The SMILES string of the molecule is C=CC(=O)OCC(C)OCCCC. The van der Waals surface area contributed by atoms with Gasteiger partial charge in [-0.1, -0.05) is 19.9 Å². The second-order valence-corrected chi connectivity index (χ2v) is 2.87. The van der Waals surface area contributed by atoms with E-state index in [2.05, 4.69) is 13.5 Å². The molecule has 0 aliphatic carbocycles. The van der Waals surface area contributed by atoms with Crippen LogP contribution in [-0.4, -0.2) is 25.3 Å². The lowest BCUT2D eigenvalue weighted by molar-refractivity contribution is -0.141. The molecular formula is C10H18O3. The molecule has 76 valence electrons. The predicted octanol–water partition coefficient (Wildman–Crippen LogP) is 1.92. The summed E-state index contributed by atoms with van der Waals surface area (Å²) in [7, 11) is 0. The third-order valence-electron chi connectivity index (χ3n) is 1.53. The number of carbonyl (C=O) groups excluding carboxylic acids is 1. The summed E-state index contributed by atoms with van der Waals surface area (Å²) in [5.41, 5.74) is 0. The van der Waals surface area contributed by atoms with E-state index < -0.39 is 5.97 Å². The number of carbonyl (C=O) groups is 1. The van der Waals surface area contributed by atoms with E-state index in [1.807, 2.05) is 6.92 Å². The number of esters is 1. The van der Waals surface area contributed by atoms with Gasteiger partial charge in [0.05, 0.1) is 6.10 Å². The molecule has 0 saturated heterocycles. The maximum atomic E-state index is 10.7. The van der Waals surface area contributed by atoms with E-state index in [-0.39, 0.29) is 6.10 Å². The summed E-state index contributed by atoms with van der Waals surface area (Å²) in [6.07, 6.45) is 3.27. The predicted molar refractivity (Wildman–Crippen MR) is 51.5 cm³/mol. The van der Waals surface area contributed by atoms with Crippen LogP contribution in [0.3, 0.4) is 0 Å². The van der Waals surface area contributed by atoms with Crippen molar-refractivity contribution in [3.8, 4) is 0 Å². The number of hydrogen-bond acceptors (Lipinski definition) is 3. The third kappa shape index (κ3) is 7.53. The van der Waals surface area contributed by atoms with Crippen LogP contribution in [0.1, 0.15) is 26.7 Å². The fourth-order valence-corrected chi connectivity index (χ4v) is 0.735. The largest absolute Gasteiger partial charge is 0.460 e. The Bertz CT molecular complexity index is 154. The second kappa shape index (κ2) is 7.80. The van der Waals surface area contributed by atoms with Crippen molar-refractivity contribution < 1.29 is 14.3 Å². The monoisotopic (exact) mass is 186 g/mol. The van der Waals surface area contributed by atoms with Crippen molar-refractivity contribution in [1.82, 2.24) is 0 Å². The van der Waals surface area contributed by atoms with Gasteiger partial charge in [-0.2, -0.15) is 0 Å². The molecule has 0 aromatic rings. The number of rotatable bonds is 7. The van der Waals surface area contributed by atoms with Gasteiger partial charge in [-0.05, 0) is 13.3 Å². The maximum absolute atomic E-state index is 10.7. The molecule has 0 spiro atoms. The van der Waals surface area contributed by atoms with E-state index in [0.29, 0.717) is 6.61 Å². The highest BCUT2D eigenvalue weighted by molar-refractivity contribution is 5.81. The first kappa shape index (κ1) is 12.2. The van der Waals surface area contributed by atoms with E-state index in [4.69, 9.17) is 9.47 Å². The summed E-state index contributed by atoms with van der Waals surface area (Å²) < 4.78 is 10.2. The van der Waals surface area contributed by atoms with Crippen LogP contribution < -0.4 is 0 Å². The molecule has 3 nitrogen and oxygen atoms in total. The van der Waals surface area contributed by atoms with Crippen LogP contribution in [0.4, 0.5) is 0 Å². The quantitative estimate of drug-likeness (QED) is 0.346. The Morgan fingerprint density at radius 3 is 2.85 bits per heavy atom. The Morgan fingerprint density at radius 1 is 1.62 bits per heavy atom. The molecule has 0 rings (SSSR count). The van der Waals surface area contributed by atoms with E-state index in [0.717, 1.165) is 25.5 Å². The first-order chi connectivity index (χ1) is 6.20. The molecule has 0 saturated carbocycles. The lowest BCUT2D eigenvalue weighted by Crippen LogP contribution is -2.18. The Kier molecular flexibility index (Phi) is 7.30. The standard InChI is InChI=1S/C10H18O3/c1-4-6-7-12-9(3)8-13-10(11)5-2/h5,9H,2,4,6-8H2,1,3H3. The van der Waals surface area contributed by atoms with Gasteiger partial charge in [0.25, 0.3) is 0 Å². The van der Waals surface area contributed by atoms with E-state index >= 15 is 0 Å². The number of unbranched alkanes of at least 4 members (excludes halogenated alkanes) is 1. The van der Waals surface area contributed by atoms with Gasteiger partial charge in [0.15, 0.2) is 0 Å². The van der Waals surface area contributed by atoms with Crippen LogP contribution in [0.5, 0.6) is 0 Å². The Hall–Kier alpha value is -0.830. The van der Waals surface area contributed by atoms with Crippen molar-refractivity contribution in [2.45, 2.75) is 32.8 Å².